The molecule has 1 aromatic carbocycles. The molecule has 1 amide bonds. The van der Waals surface area contributed by atoms with Crippen LogP contribution in [0.4, 0.5) is 0 Å². The minimum absolute atomic E-state index is 0.206. The van der Waals surface area contributed by atoms with Crippen molar-refractivity contribution in [3.8, 4) is 0 Å². The lowest BCUT2D eigenvalue weighted by atomic mass is 10.1. The van der Waals surface area contributed by atoms with E-state index in [1.807, 2.05) is 29.2 Å². The molecule has 1 fully saturated rings. The number of piperidine rings is 1. The molecule has 2 aromatic rings. The summed E-state index contributed by atoms with van der Waals surface area (Å²) in [5.41, 5.74) is 7.84. The van der Waals surface area contributed by atoms with Crippen LogP contribution in [0, 0.1) is 0 Å². The van der Waals surface area contributed by atoms with Crippen molar-refractivity contribution in [1.82, 2.24) is 14.9 Å². The Labute approximate surface area is 118 Å². The Kier molecular flexibility index (Phi) is 3.69. The fourth-order valence-electron chi connectivity index (χ4n) is 2.66. The number of aromatic amines is 1. The Bertz CT molecular complexity index is 566. The summed E-state index contributed by atoms with van der Waals surface area (Å²) in [6.07, 6.45) is 3.00. The van der Waals surface area contributed by atoms with Crippen molar-refractivity contribution in [2.24, 2.45) is 5.73 Å². The van der Waals surface area contributed by atoms with E-state index in [4.69, 9.17) is 5.73 Å². The molecule has 20 heavy (non-hydrogen) atoms. The van der Waals surface area contributed by atoms with E-state index < -0.39 is 0 Å². The van der Waals surface area contributed by atoms with E-state index in [1.165, 1.54) is 0 Å². The van der Waals surface area contributed by atoms with Gasteiger partial charge in [0, 0.05) is 32.0 Å². The summed E-state index contributed by atoms with van der Waals surface area (Å²) < 4.78 is 0. The van der Waals surface area contributed by atoms with Crippen LogP contribution in [0.5, 0.6) is 0 Å². The lowest BCUT2D eigenvalue weighted by Crippen LogP contribution is -2.42. The minimum Gasteiger partial charge on any atom is -0.343 e. The van der Waals surface area contributed by atoms with Gasteiger partial charge in [-0.2, -0.15) is 0 Å². The van der Waals surface area contributed by atoms with Crippen LogP contribution < -0.4 is 5.73 Å². The van der Waals surface area contributed by atoms with Gasteiger partial charge < -0.3 is 15.6 Å². The van der Waals surface area contributed by atoms with E-state index in [0.29, 0.717) is 12.8 Å². The van der Waals surface area contributed by atoms with Crippen LogP contribution in [-0.4, -0.2) is 39.9 Å². The molecule has 0 spiro atoms. The number of benzene rings is 1. The van der Waals surface area contributed by atoms with Crippen molar-refractivity contribution < 1.29 is 4.79 Å². The average molecular weight is 272 g/mol. The molecule has 1 saturated heterocycles. The van der Waals surface area contributed by atoms with Gasteiger partial charge in [0.05, 0.1) is 11.0 Å². The van der Waals surface area contributed by atoms with Crippen molar-refractivity contribution in [3.05, 3.63) is 30.1 Å². The number of carbonyl (C=O) groups excluding carboxylic acids is 1. The zero-order chi connectivity index (χ0) is 13.9. The van der Waals surface area contributed by atoms with Gasteiger partial charge in [0.25, 0.3) is 0 Å². The Morgan fingerprint density at radius 3 is 2.85 bits per heavy atom. The molecule has 3 rings (SSSR count). The molecule has 1 aromatic heterocycles. The highest BCUT2D eigenvalue weighted by Crippen LogP contribution is 2.13. The number of nitrogens with one attached hydrogen (secondary N) is 1. The number of likely N-dealkylation sites (tertiary alicyclic amines) is 1. The van der Waals surface area contributed by atoms with Crippen LogP contribution in [0.2, 0.25) is 0 Å². The summed E-state index contributed by atoms with van der Waals surface area (Å²) in [6, 6.07) is 8.18. The predicted molar refractivity (Wildman–Crippen MR) is 78.2 cm³/mol. The second-order valence-electron chi connectivity index (χ2n) is 5.42. The summed E-state index contributed by atoms with van der Waals surface area (Å²) in [5.74, 6) is 1.09. The molecule has 0 unspecified atom stereocenters. The zero-order valence-electron chi connectivity index (χ0n) is 11.5. The number of aryl methyl sites for hydroxylation is 1. The number of fused-ring (bicyclic) bond motifs is 1. The summed E-state index contributed by atoms with van der Waals surface area (Å²) in [5, 5.41) is 0. The third kappa shape index (κ3) is 2.82. The smallest absolute Gasteiger partial charge is 0.223 e. The zero-order valence-corrected chi connectivity index (χ0v) is 11.5. The monoisotopic (exact) mass is 272 g/mol. The van der Waals surface area contributed by atoms with Gasteiger partial charge in [0.1, 0.15) is 5.82 Å². The summed E-state index contributed by atoms with van der Waals surface area (Å²) >= 11 is 0. The number of rotatable bonds is 3. The lowest BCUT2D eigenvalue weighted by Gasteiger charge is -2.30. The number of nitrogens with zero attached hydrogens (tertiary/aromatic N) is 2. The number of aromatic nitrogens is 2. The third-order valence-electron chi connectivity index (χ3n) is 3.91. The maximum absolute atomic E-state index is 12.1. The summed E-state index contributed by atoms with van der Waals surface area (Å²) in [7, 11) is 0. The summed E-state index contributed by atoms with van der Waals surface area (Å²) in [4.78, 5) is 21.8. The number of carbonyl (C=O) groups is 1. The molecular formula is C15H20N4O. The van der Waals surface area contributed by atoms with Gasteiger partial charge in [-0.05, 0) is 25.0 Å². The number of H-pyrrole nitrogens is 1. The van der Waals surface area contributed by atoms with E-state index in [0.717, 1.165) is 42.8 Å². The number of hydrogen-bond donors (Lipinski definition) is 2. The molecule has 0 saturated carbocycles. The van der Waals surface area contributed by atoms with Crippen LogP contribution in [-0.2, 0) is 11.2 Å². The van der Waals surface area contributed by atoms with Gasteiger partial charge in [-0.15, -0.1) is 0 Å². The van der Waals surface area contributed by atoms with Crippen molar-refractivity contribution >= 4 is 16.9 Å². The quantitative estimate of drug-likeness (QED) is 0.888. The molecular weight excluding hydrogens is 252 g/mol. The van der Waals surface area contributed by atoms with Crippen LogP contribution in [0.25, 0.3) is 11.0 Å². The fourth-order valence-corrected chi connectivity index (χ4v) is 2.66. The first kappa shape index (κ1) is 13.1. The largest absolute Gasteiger partial charge is 0.343 e. The second-order valence-corrected chi connectivity index (χ2v) is 5.42. The maximum atomic E-state index is 12.1. The first-order valence-electron chi connectivity index (χ1n) is 7.19. The Morgan fingerprint density at radius 1 is 1.35 bits per heavy atom. The van der Waals surface area contributed by atoms with E-state index in [2.05, 4.69) is 9.97 Å². The number of para-hydroxylation sites is 2. The van der Waals surface area contributed by atoms with E-state index in [9.17, 15) is 4.79 Å². The van der Waals surface area contributed by atoms with E-state index in [1.54, 1.807) is 0 Å². The van der Waals surface area contributed by atoms with Gasteiger partial charge in [-0.25, -0.2) is 4.98 Å². The number of hydrogen-bond acceptors (Lipinski definition) is 3. The van der Waals surface area contributed by atoms with Gasteiger partial charge >= 0.3 is 0 Å². The average Bonchev–Trinajstić information content (AvgIpc) is 2.88. The fraction of sp³-hybridized carbons (Fsp3) is 0.467. The van der Waals surface area contributed by atoms with Crippen molar-refractivity contribution in [3.63, 3.8) is 0 Å². The van der Waals surface area contributed by atoms with Crippen LogP contribution >= 0.6 is 0 Å². The van der Waals surface area contributed by atoms with Gasteiger partial charge in [0.2, 0.25) is 5.91 Å². The highest BCUT2D eigenvalue weighted by molar-refractivity contribution is 5.77. The molecule has 1 aliphatic rings. The molecule has 0 bridgehead atoms. The first-order chi connectivity index (χ1) is 9.72. The minimum atomic E-state index is 0.206. The van der Waals surface area contributed by atoms with E-state index >= 15 is 0 Å². The maximum Gasteiger partial charge on any atom is 0.223 e. The van der Waals surface area contributed by atoms with Crippen molar-refractivity contribution in [1.29, 1.82) is 0 Å². The Hall–Kier alpha value is -1.88. The standard InChI is InChI=1S/C15H20N4O/c16-11-7-9-19(10-8-11)15(20)6-5-14-17-12-3-1-2-4-13(12)18-14/h1-4,11H,5-10,16H2,(H,17,18). The molecule has 5 nitrogen and oxygen atoms in total. The third-order valence-corrected chi connectivity index (χ3v) is 3.91. The second kappa shape index (κ2) is 5.63. The first-order valence-corrected chi connectivity index (χ1v) is 7.19. The molecule has 106 valence electrons. The van der Waals surface area contributed by atoms with Crippen LogP contribution in [0.15, 0.2) is 24.3 Å². The molecule has 0 atom stereocenters. The Morgan fingerprint density at radius 2 is 2.10 bits per heavy atom. The van der Waals surface area contributed by atoms with Crippen LogP contribution in [0.3, 0.4) is 0 Å². The normalized spacial score (nSPS) is 16.8. The predicted octanol–water partition coefficient (Wildman–Crippen LogP) is 1.45. The van der Waals surface area contributed by atoms with Crippen LogP contribution in [0.1, 0.15) is 25.1 Å². The molecule has 0 aliphatic carbocycles. The van der Waals surface area contributed by atoms with Crippen molar-refractivity contribution in [2.75, 3.05) is 13.1 Å². The molecule has 3 N–H and O–H groups in total. The summed E-state index contributed by atoms with van der Waals surface area (Å²) in [6.45, 7) is 1.58. The topological polar surface area (TPSA) is 75.0 Å². The van der Waals surface area contributed by atoms with Gasteiger partial charge in [-0.3, -0.25) is 4.79 Å². The van der Waals surface area contributed by atoms with E-state index in [-0.39, 0.29) is 11.9 Å². The molecule has 1 aliphatic heterocycles. The lowest BCUT2D eigenvalue weighted by molar-refractivity contribution is -0.132. The number of imidazole rings is 1. The molecule has 0 radical (unpaired) electrons. The highest BCUT2D eigenvalue weighted by Gasteiger charge is 2.20. The number of amides is 1. The van der Waals surface area contributed by atoms with Gasteiger partial charge in [0.15, 0.2) is 0 Å². The molecule has 2 heterocycles. The molecule has 5 heteroatoms. The highest BCUT2D eigenvalue weighted by atomic mass is 16.2. The number of nitrogens with two attached hydrogens (primary N) is 1. The van der Waals surface area contributed by atoms with Crippen molar-refractivity contribution in [2.45, 2.75) is 31.7 Å². The Balaban J connectivity index is 1.57. The van der Waals surface area contributed by atoms with Gasteiger partial charge in [-0.1, -0.05) is 12.1 Å². The SMILES string of the molecule is NC1CCN(C(=O)CCc2nc3ccccc3[nH]2)CC1.